The normalized spacial score (nSPS) is 15.1. The molecule has 0 radical (unpaired) electrons. The average molecular weight is 427 g/mol. The molecule has 0 amide bonds. The van der Waals surface area contributed by atoms with E-state index in [0.717, 1.165) is 43.0 Å². The number of rotatable bonds is 6. The zero-order chi connectivity index (χ0) is 20.9. The zero-order valence-corrected chi connectivity index (χ0v) is 17.4. The first-order chi connectivity index (χ1) is 14.6. The number of hydrogen-bond donors (Lipinski definition) is 2. The number of anilines is 3. The van der Waals surface area contributed by atoms with E-state index in [4.69, 9.17) is 21.3 Å². The number of halogens is 1. The van der Waals surface area contributed by atoms with Crippen molar-refractivity contribution in [2.75, 3.05) is 37.4 Å². The highest BCUT2D eigenvalue weighted by Crippen LogP contribution is 2.25. The second-order valence-electron chi connectivity index (χ2n) is 7.19. The summed E-state index contributed by atoms with van der Waals surface area (Å²) in [5.74, 6) is 1.20. The van der Waals surface area contributed by atoms with Crippen LogP contribution < -0.4 is 10.6 Å². The van der Waals surface area contributed by atoms with Crippen molar-refractivity contribution >= 4 is 45.9 Å². The Morgan fingerprint density at radius 3 is 2.83 bits per heavy atom. The fourth-order valence-corrected chi connectivity index (χ4v) is 3.70. The Hall–Kier alpha value is -2.97. The maximum absolute atomic E-state index is 11.4. The van der Waals surface area contributed by atoms with Gasteiger partial charge in [0.2, 0.25) is 0 Å². The van der Waals surface area contributed by atoms with Crippen molar-refractivity contribution in [1.29, 1.82) is 0 Å². The van der Waals surface area contributed by atoms with E-state index in [2.05, 4.69) is 25.5 Å². The standard InChI is InChI=1S/C21H23ClN6O2/c1-30-19(29)12-28-9-7-15(8-10-28)25-18-6-5-17-20(27-18)21(24-13-23-17)26-16-4-2-3-14(22)11-16/h2-6,11,13,15H,7-10,12H2,1H3,(H,25,27)(H,23,24,26). The van der Waals surface area contributed by atoms with Crippen LogP contribution in [-0.4, -0.2) is 58.6 Å². The quantitative estimate of drug-likeness (QED) is 0.579. The van der Waals surface area contributed by atoms with Crippen molar-refractivity contribution in [3.63, 3.8) is 0 Å². The van der Waals surface area contributed by atoms with Crippen molar-refractivity contribution in [3.05, 3.63) is 47.7 Å². The molecule has 1 saturated heterocycles. The van der Waals surface area contributed by atoms with Gasteiger partial charge in [-0.1, -0.05) is 17.7 Å². The summed E-state index contributed by atoms with van der Waals surface area (Å²) in [5, 5.41) is 7.42. The second-order valence-corrected chi connectivity index (χ2v) is 7.63. The SMILES string of the molecule is COC(=O)CN1CCC(Nc2ccc3ncnc(Nc4cccc(Cl)c4)c3n2)CC1. The Morgan fingerprint density at radius 2 is 2.07 bits per heavy atom. The average Bonchev–Trinajstić information content (AvgIpc) is 2.75. The van der Waals surface area contributed by atoms with Crippen molar-refractivity contribution < 1.29 is 9.53 Å². The molecule has 2 N–H and O–H groups in total. The summed E-state index contributed by atoms with van der Waals surface area (Å²) >= 11 is 6.08. The first-order valence-corrected chi connectivity index (χ1v) is 10.2. The van der Waals surface area contributed by atoms with Gasteiger partial charge in [-0.05, 0) is 43.2 Å². The Morgan fingerprint density at radius 1 is 1.23 bits per heavy atom. The number of piperidine rings is 1. The fourth-order valence-electron chi connectivity index (χ4n) is 3.51. The van der Waals surface area contributed by atoms with Crippen LogP contribution in [0.1, 0.15) is 12.8 Å². The summed E-state index contributed by atoms with van der Waals surface area (Å²) in [6, 6.07) is 11.6. The number of methoxy groups -OCH3 is 1. The minimum atomic E-state index is -0.197. The van der Waals surface area contributed by atoms with Crippen LogP contribution in [0.4, 0.5) is 17.3 Å². The summed E-state index contributed by atoms with van der Waals surface area (Å²) in [7, 11) is 1.42. The minimum absolute atomic E-state index is 0.197. The third-order valence-electron chi connectivity index (χ3n) is 5.09. The molecule has 1 aliphatic heterocycles. The Bertz CT molecular complexity index is 1040. The van der Waals surface area contributed by atoms with E-state index < -0.39 is 0 Å². The number of nitrogens with zero attached hydrogens (tertiary/aromatic N) is 4. The lowest BCUT2D eigenvalue weighted by atomic mass is 10.1. The fraction of sp³-hybridized carbons (Fsp3) is 0.333. The molecule has 4 rings (SSSR count). The zero-order valence-electron chi connectivity index (χ0n) is 16.6. The van der Waals surface area contributed by atoms with Gasteiger partial charge in [-0.2, -0.15) is 0 Å². The third kappa shape index (κ3) is 4.95. The highest BCUT2D eigenvalue weighted by atomic mass is 35.5. The lowest BCUT2D eigenvalue weighted by molar-refractivity contribution is -0.142. The van der Waals surface area contributed by atoms with Crippen LogP contribution in [0.2, 0.25) is 5.02 Å². The molecule has 1 fully saturated rings. The molecule has 3 aromatic rings. The monoisotopic (exact) mass is 426 g/mol. The summed E-state index contributed by atoms with van der Waals surface area (Å²) in [5.41, 5.74) is 2.28. The van der Waals surface area contributed by atoms with Crippen LogP contribution in [0.15, 0.2) is 42.7 Å². The van der Waals surface area contributed by atoms with Gasteiger partial charge in [0, 0.05) is 29.8 Å². The van der Waals surface area contributed by atoms with E-state index in [9.17, 15) is 4.79 Å². The van der Waals surface area contributed by atoms with E-state index in [1.54, 1.807) is 0 Å². The van der Waals surface area contributed by atoms with Crippen LogP contribution in [0.25, 0.3) is 11.0 Å². The number of nitrogens with one attached hydrogen (secondary N) is 2. The van der Waals surface area contributed by atoms with Crippen LogP contribution >= 0.6 is 11.6 Å². The molecule has 0 bridgehead atoms. The maximum Gasteiger partial charge on any atom is 0.319 e. The number of aromatic nitrogens is 3. The summed E-state index contributed by atoms with van der Waals surface area (Å²) in [6.45, 7) is 2.02. The molecule has 0 aliphatic carbocycles. The predicted octanol–water partition coefficient (Wildman–Crippen LogP) is 3.47. The van der Waals surface area contributed by atoms with Gasteiger partial charge in [-0.3, -0.25) is 9.69 Å². The van der Waals surface area contributed by atoms with Crippen LogP contribution in [-0.2, 0) is 9.53 Å². The molecule has 1 aromatic carbocycles. The molecule has 2 aromatic heterocycles. The van der Waals surface area contributed by atoms with E-state index in [1.165, 1.54) is 13.4 Å². The Balaban J connectivity index is 1.46. The number of fused-ring (bicyclic) bond motifs is 1. The highest BCUT2D eigenvalue weighted by Gasteiger charge is 2.21. The number of likely N-dealkylation sites (tertiary alicyclic amines) is 1. The van der Waals surface area contributed by atoms with Crippen molar-refractivity contribution in [2.45, 2.75) is 18.9 Å². The highest BCUT2D eigenvalue weighted by molar-refractivity contribution is 6.30. The molecule has 1 aliphatic rings. The molecule has 8 nitrogen and oxygen atoms in total. The van der Waals surface area contributed by atoms with Crippen LogP contribution in [0, 0.1) is 0 Å². The number of carbonyl (C=O) groups is 1. The smallest absolute Gasteiger partial charge is 0.319 e. The van der Waals surface area contributed by atoms with Crippen LogP contribution in [0.3, 0.4) is 0 Å². The molecule has 0 spiro atoms. The number of carbonyl (C=O) groups excluding carboxylic acids is 1. The topological polar surface area (TPSA) is 92.3 Å². The van der Waals surface area contributed by atoms with Gasteiger partial charge in [0.15, 0.2) is 5.82 Å². The van der Waals surface area contributed by atoms with Crippen molar-refractivity contribution in [1.82, 2.24) is 19.9 Å². The largest absolute Gasteiger partial charge is 0.468 e. The third-order valence-corrected chi connectivity index (χ3v) is 5.32. The Kier molecular flexibility index (Phi) is 6.25. The summed E-state index contributed by atoms with van der Waals surface area (Å²) < 4.78 is 4.75. The van der Waals surface area contributed by atoms with Crippen LogP contribution in [0.5, 0.6) is 0 Å². The van der Waals surface area contributed by atoms with E-state index in [0.29, 0.717) is 22.9 Å². The first kappa shape index (κ1) is 20.3. The number of pyridine rings is 1. The van der Waals surface area contributed by atoms with Gasteiger partial charge in [0.05, 0.1) is 19.2 Å². The number of benzene rings is 1. The lowest BCUT2D eigenvalue weighted by Crippen LogP contribution is -2.41. The molecule has 0 unspecified atom stereocenters. The number of hydrogen-bond acceptors (Lipinski definition) is 8. The van der Waals surface area contributed by atoms with E-state index in [1.807, 2.05) is 36.4 Å². The number of ether oxygens (including phenoxy) is 1. The predicted molar refractivity (Wildman–Crippen MR) is 117 cm³/mol. The molecule has 30 heavy (non-hydrogen) atoms. The van der Waals surface area contributed by atoms with Gasteiger partial charge in [-0.15, -0.1) is 0 Å². The van der Waals surface area contributed by atoms with Gasteiger partial charge in [-0.25, -0.2) is 15.0 Å². The maximum atomic E-state index is 11.4. The summed E-state index contributed by atoms with van der Waals surface area (Å²) in [6.07, 6.45) is 3.37. The van der Waals surface area contributed by atoms with Gasteiger partial charge in [0.1, 0.15) is 17.7 Å². The van der Waals surface area contributed by atoms with Crippen molar-refractivity contribution in [2.24, 2.45) is 0 Å². The molecule has 9 heteroatoms. The molecule has 3 heterocycles. The molecule has 0 saturated carbocycles. The number of esters is 1. The van der Waals surface area contributed by atoms with Gasteiger partial charge < -0.3 is 15.4 Å². The lowest BCUT2D eigenvalue weighted by Gasteiger charge is -2.31. The van der Waals surface area contributed by atoms with E-state index >= 15 is 0 Å². The molecule has 156 valence electrons. The Labute approximate surface area is 179 Å². The second kappa shape index (κ2) is 9.23. The molecular weight excluding hydrogens is 404 g/mol. The first-order valence-electron chi connectivity index (χ1n) is 9.81. The van der Waals surface area contributed by atoms with E-state index in [-0.39, 0.29) is 12.0 Å². The summed E-state index contributed by atoms with van der Waals surface area (Å²) in [4.78, 5) is 27.0. The molecule has 0 atom stereocenters. The minimum Gasteiger partial charge on any atom is -0.468 e. The van der Waals surface area contributed by atoms with Gasteiger partial charge in [0.25, 0.3) is 0 Å². The van der Waals surface area contributed by atoms with Gasteiger partial charge >= 0.3 is 5.97 Å². The molecular formula is C21H23ClN6O2. The van der Waals surface area contributed by atoms with Crippen molar-refractivity contribution in [3.8, 4) is 0 Å².